The van der Waals surface area contributed by atoms with E-state index in [2.05, 4.69) is 4.99 Å². The third kappa shape index (κ3) is 3.82. The predicted molar refractivity (Wildman–Crippen MR) is 99.8 cm³/mol. The van der Waals surface area contributed by atoms with Crippen molar-refractivity contribution in [2.45, 2.75) is 32.4 Å². The molecule has 0 spiro atoms. The number of benzene rings is 1. The summed E-state index contributed by atoms with van der Waals surface area (Å²) in [5, 5.41) is -0.437. The van der Waals surface area contributed by atoms with Crippen molar-refractivity contribution in [3.63, 3.8) is 0 Å². The smallest absolute Gasteiger partial charge is 0.417 e. The molecular formula is C19H16ClF3N2O3. The molecule has 28 heavy (non-hydrogen) atoms. The van der Waals surface area contributed by atoms with Crippen LogP contribution in [0.3, 0.4) is 0 Å². The SMILES string of the molecule is CCc1cc(=O)c2c(n(C)c1=O)N=C(Oc1ccc(Cl)c(C(F)(F)F)c1)CC2. The van der Waals surface area contributed by atoms with Crippen molar-refractivity contribution in [2.75, 3.05) is 0 Å². The quantitative estimate of drug-likeness (QED) is 0.748. The molecule has 1 aliphatic heterocycles. The van der Waals surface area contributed by atoms with E-state index < -0.39 is 16.8 Å². The molecule has 1 aliphatic rings. The van der Waals surface area contributed by atoms with Crippen LogP contribution in [-0.4, -0.2) is 10.5 Å². The van der Waals surface area contributed by atoms with E-state index in [1.807, 2.05) is 0 Å². The van der Waals surface area contributed by atoms with Crippen LogP contribution in [0.2, 0.25) is 5.02 Å². The standard InChI is InChI=1S/C19H16ClF3N2O3/c1-3-10-8-15(26)12-5-7-16(24-17(12)25(2)18(10)27)28-11-4-6-14(20)13(9-11)19(21,22)23/h4,6,8-9H,3,5,7H2,1-2H3. The van der Waals surface area contributed by atoms with Gasteiger partial charge in [0.25, 0.3) is 5.56 Å². The Morgan fingerprint density at radius 3 is 2.57 bits per heavy atom. The van der Waals surface area contributed by atoms with Gasteiger partial charge < -0.3 is 4.74 Å². The first kappa shape index (κ1) is 20.1. The molecule has 148 valence electrons. The monoisotopic (exact) mass is 412 g/mol. The zero-order valence-electron chi connectivity index (χ0n) is 15.1. The van der Waals surface area contributed by atoms with Crippen LogP contribution in [0, 0.1) is 0 Å². The minimum atomic E-state index is -4.62. The van der Waals surface area contributed by atoms with Crippen molar-refractivity contribution in [1.82, 2.24) is 4.57 Å². The zero-order chi connectivity index (χ0) is 20.6. The summed E-state index contributed by atoms with van der Waals surface area (Å²) < 4.78 is 45.8. The number of aryl methyl sites for hydroxylation is 1. The fraction of sp³-hybridized carbons (Fsp3) is 0.316. The first-order valence-electron chi connectivity index (χ1n) is 8.50. The Morgan fingerprint density at radius 1 is 1.21 bits per heavy atom. The fourth-order valence-electron chi connectivity index (χ4n) is 2.96. The van der Waals surface area contributed by atoms with Crippen molar-refractivity contribution in [3.8, 4) is 5.75 Å². The van der Waals surface area contributed by atoms with Crippen LogP contribution in [0.5, 0.6) is 5.75 Å². The molecule has 0 atom stereocenters. The van der Waals surface area contributed by atoms with Gasteiger partial charge in [0, 0.05) is 24.6 Å². The summed E-state index contributed by atoms with van der Waals surface area (Å²) in [5.74, 6) is 0.184. The zero-order valence-corrected chi connectivity index (χ0v) is 15.8. The molecule has 0 amide bonds. The second-order valence-electron chi connectivity index (χ2n) is 6.30. The average Bonchev–Trinajstić information content (AvgIpc) is 2.73. The van der Waals surface area contributed by atoms with E-state index in [-0.39, 0.29) is 41.3 Å². The molecule has 2 aromatic rings. The molecule has 0 saturated carbocycles. The second-order valence-corrected chi connectivity index (χ2v) is 6.71. The average molecular weight is 413 g/mol. The summed E-state index contributed by atoms with van der Waals surface area (Å²) in [5.41, 5.74) is -0.919. The molecule has 2 heterocycles. The molecular weight excluding hydrogens is 397 g/mol. The number of halogens is 4. The Bertz CT molecular complexity index is 1090. The number of aliphatic imine (C=N–C) groups is 1. The fourth-order valence-corrected chi connectivity index (χ4v) is 3.19. The molecule has 0 fully saturated rings. The van der Waals surface area contributed by atoms with E-state index in [1.54, 1.807) is 6.92 Å². The summed E-state index contributed by atoms with van der Waals surface area (Å²) in [4.78, 5) is 29.1. The van der Waals surface area contributed by atoms with Crippen LogP contribution in [0.1, 0.15) is 30.0 Å². The second kappa shape index (κ2) is 7.43. The Labute approximate surface area is 163 Å². The van der Waals surface area contributed by atoms with Crippen LogP contribution in [-0.2, 0) is 26.1 Å². The van der Waals surface area contributed by atoms with Gasteiger partial charge in [-0.25, -0.2) is 0 Å². The van der Waals surface area contributed by atoms with Gasteiger partial charge in [0.05, 0.1) is 10.6 Å². The number of hydrogen-bond acceptors (Lipinski definition) is 4. The van der Waals surface area contributed by atoms with Crippen molar-refractivity contribution < 1.29 is 17.9 Å². The molecule has 0 radical (unpaired) electrons. The minimum absolute atomic E-state index is 0.0826. The molecule has 0 aliphatic carbocycles. The van der Waals surface area contributed by atoms with E-state index in [4.69, 9.17) is 16.3 Å². The van der Waals surface area contributed by atoms with Gasteiger partial charge in [0.1, 0.15) is 11.6 Å². The normalized spacial score (nSPS) is 13.7. The third-order valence-electron chi connectivity index (χ3n) is 4.45. The maximum atomic E-state index is 13.0. The number of nitrogens with zero attached hydrogens (tertiary/aromatic N) is 2. The summed E-state index contributed by atoms with van der Waals surface area (Å²) in [7, 11) is 1.50. The van der Waals surface area contributed by atoms with E-state index >= 15 is 0 Å². The Kier molecular flexibility index (Phi) is 5.34. The first-order chi connectivity index (χ1) is 13.1. The number of ether oxygens (including phenoxy) is 1. The molecule has 0 bridgehead atoms. The Morgan fingerprint density at radius 2 is 1.93 bits per heavy atom. The van der Waals surface area contributed by atoms with Gasteiger partial charge in [-0.1, -0.05) is 18.5 Å². The lowest BCUT2D eigenvalue weighted by molar-refractivity contribution is -0.137. The van der Waals surface area contributed by atoms with Crippen molar-refractivity contribution in [1.29, 1.82) is 0 Å². The van der Waals surface area contributed by atoms with Crippen molar-refractivity contribution in [2.24, 2.45) is 12.0 Å². The first-order valence-corrected chi connectivity index (χ1v) is 8.88. The van der Waals surface area contributed by atoms with Gasteiger partial charge in [0.2, 0.25) is 0 Å². The van der Waals surface area contributed by atoms with Gasteiger partial charge >= 0.3 is 6.18 Å². The maximum absolute atomic E-state index is 13.0. The van der Waals surface area contributed by atoms with Crippen LogP contribution in [0.4, 0.5) is 19.0 Å². The highest BCUT2D eigenvalue weighted by Gasteiger charge is 2.33. The lowest BCUT2D eigenvalue weighted by Crippen LogP contribution is -2.21. The topological polar surface area (TPSA) is 60.7 Å². The summed E-state index contributed by atoms with van der Waals surface area (Å²) in [6, 6.07) is 4.50. The molecule has 3 rings (SSSR count). The largest absolute Gasteiger partial charge is 0.443 e. The predicted octanol–water partition coefficient (Wildman–Crippen LogP) is 4.04. The number of hydrogen-bond donors (Lipinski definition) is 0. The van der Waals surface area contributed by atoms with Gasteiger partial charge in [-0.2, -0.15) is 18.2 Å². The van der Waals surface area contributed by atoms with Crippen LogP contribution < -0.4 is 15.7 Å². The summed E-state index contributed by atoms with van der Waals surface area (Å²) >= 11 is 5.61. The van der Waals surface area contributed by atoms with Crippen LogP contribution in [0.15, 0.2) is 38.8 Å². The number of aromatic nitrogens is 1. The van der Waals surface area contributed by atoms with E-state index in [1.165, 1.54) is 23.7 Å². The van der Waals surface area contributed by atoms with Crippen molar-refractivity contribution >= 4 is 23.3 Å². The van der Waals surface area contributed by atoms with Crippen molar-refractivity contribution in [3.05, 3.63) is 66.6 Å². The molecule has 1 aromatic heterocycles. The highest BCUT2D eigenvalue weighted by molar-refractivity contribution is 6.31. The van der Waals surface area contributed by atoms with E-state index in [9.17, 15) is 22.8 Å². The third-order valence-corrected chi connectivity index (χ3v) is 4.78. The van der Waals surface area contributed by atoms with Gasteiger partial charge in [-0.3, -0.25) is 14.2 Å². The van der Waals surface area contributed by atoms with Gasteiger partial charge in [-0.05, 0) is 37.1 Å². The molecule has 5 nitrogen and oxygen atoms in total. The lowest BCUT2D eigenvalue weighted by Gasteiger charge is -2.17. The maximum Gasteiger partial charge on any atom is 0.417 e. The summed E-state index contributed by atoms with van der Waals surface area (Å²) in [6.45, 7) is 1.77. The number of rotatable bonds is 2. The highest BCUT2D eigenvalue weighted by Crippen LogP contribution is 2.37. The van der Waals surface area contributed by atoms with E-state index in [0.29, 0.717) is 17.5 Å². The number of fused-ring (bicyclic) bond motifs is 1. The van der Waals surface area contributed by atoms with Crippen LogP contribution >= 0.6 is 11.6 Å². The van der Waals surface area contributed by atoms with Crippen LogP contribution in [0.25, 0.3) is 0 Å². The summed E-state index contributed by atoms with van der Waals surface area (Å²) in [6.07, 6.45) is -3.75. The Balaban J connectivity index is 2.05. The molecule has 0 unspecified atom stereocenters. The minimum Gasteiger partial charge on any atom is -0.443 e. The molecule has 9 heteroatoms. The molecule has 1 aromatic carbocycles. The molecule has 0 N–H and O–H groups in total. The lowest BCUT2D eigenvalue weighted by atomic mass is 10.1. The molecule has 0 saturated heterocycles. The van der Waals surface area contributed by atoms with Gasteiger partial charge in [0.15, 0.2) is 11.3 Å². The Hall–Kier alpha value is -2.61. The number of alkyl halides is 3. The highest BCUT2D eigenvalue weighted by atomic mass is 35.5. The van der Waals surface area contributed by atoms with E-state index in [0.717, 1.165) is 12.1 Å². The van der Waals surface area contributed by atoms with Gasteiger partial charge in [-0.15, -0.1) is 0 Å².